The number of aromatic nitrogens is 3. The van der Waals surface area contributed by atoms with Gasteiger partial charge in [0.2, 0.25) is 0 Å². The van der Waals surface area contributed by atoms with Crippen molar-refractivity contribution < 1.29 is 5.11 Å². The molecular formula is C11H20N4O. The van der Waals surface area contributed by atoms with E-state index in [1.807, 2.05) is 4.68 Å². The van der Waals surface area contributed by atoms with Crippen LogP contribution in [0.4, 0.5) is 0 Å². The van der Waals surface area contributed by atoms with Crippen molar-refractivity contribution in [2.45, 2.75) is 45.4 Å². The minimum atomic E-state index is -0.0777. The highest BCUT2D eigenvalue weighted by Gasteiger charge is 2.22. The second-order valence-electron chi connectivity index (χ2n) is 4.46. The van der Waals surface area contributed by atoms with Crippen molar-refractivity contribution in [3.8, 4) is 0 Å². The van der Waals surface area contributed by atoms with Gasteiger partial charge in [-0.3, -0.25) is 0 Å². The van der Waals surface area contributed by atoms with Gasteiger partial charge in [0.05, 0.1) is 12.6 Å². The van der Waals surface area contributed by atoms with Gasteiger partial charge in [0.1, 0.15) is 12.2 Å². The molecule has 1 saturated carbocycles. The Hall–Kier alpha value is -0.940. The molecule has 5 heteroatoms. The molecule has 90 valence electrons. The van der Waals surface area contributed by atoms with Crippen LogP contribution in [-0.2, 0) is 13.1 Å². The first-order valence-electron chi connectivity index (χ1n) is 6.05. The molecule has 1 aliphatic rings. The van der Waals surface area contributed by atoms with E-state index in [2.05, 4.69) is 22.3 Å². The number of aliphatic hydroxyl groups excluding tert-OH is 1. The van der Waals surface area contributed by atoms with Crippen molar-refractivity contribution in [2.24, 2.45) is 5.92 Å². The molecule has 1 aromatic rings. The Morgan fingerprint density at radius 1 is 1.56 bits per heavy atom. The van der Waals surface area contributed by atoms with E-state index in [1.54, 1.807) is 6.33 Å². The molecule has 1 heterocycles. The summed E-state index contributed by atoms with van der Waals surface area (Å²) in [5, 5.41) is 16.9. The van der Waals surface area contributed by atoms with Crippen LogP contribution in [0.2, 0.25) is 0 Å². The number of hydrogen-bond acceptors (Lipinski definition) is 4. The molecule has 1 aromatic heterocycles. The molecule has 0 bridgehead atoms. The van der Waals surface area contributed by atoms with E-state index >= 15 is 0 Å². The van der Waals surface area contributed by atoms with E-state index < -0.39 is 0 Å². The molecule has 0 spiro atoms. The van der Waals surface area contributed by atoms with Crippen LogP contribution in [0.1, 0.15) is 32.0 Å². The lowest BCUT2D eigenvalue weighted by atomic mass is 10.1. The van der Waals surface area contributed by atoms with Crippen LogP contribution in [0.25, 0.3) is 0 Å². The van der Waals surface area contributed by atoms with Crippen molar-refractivity contribution >= 4 is 0 Å². The molecule has 1 fully saturated rings. The molecule has 2 N–H and O–H groups in total. The van der Waals surface area contributed by atoms with Crippen molar-refractivity contribution in [3.63, 3.8) is 0 Å². The highest BCUT2D eigenvalue weighted by atomic mass is 16.3. The van der Waals surface area contributed by atoms with Gasteiger partial charge in [-0.15, -0.1) is 0 Å². The van der Waals surface area contributed by atoms with Crippen LogP contribution < -0.4 is 5.32 Å². The van der Waals surface area contributed by atoms with E-state index in [9.17, 15) is 5.11 Å². The maximum Gasteiger partial charge on any atom is 0.140 e. The normalized spacial score (nSPS) is 25.1. The molecule has 0 aromatic carbocycles. The highest BCUT2D eigenvalue weighted by molar-refractivity contribution is 4.84. The van der Waals surface area contributed by atoms with Gasteiger partial charge in [-0.25, -0.2) is 9.67 Å². The largest absolute Gasteiger partial charge is 0.393 e. The van der Waals surface area contributed by atoms with Crippen molar-refractivity contribution in [1.82, 2.24) is 20.1 Å². The number of rotatable bonds is 5. The summed E-state index contributed by atoms with van der Waals surface area (Å²) in [7, 11) is 0. The first kappa shape index (κ1) is 11.5. The number of aliphatic hydroxyl groups is 1. The predicted molar refractivity (Wildman–Crippen MR) is 60.8 cm³/mol. The average Bonchev–Trinajstić information content (AvgIpc) is 2.87. The summed E-state index contributed by atoms with van der Waals surface area (Å²) in [4.78, 5) is 4.21. The highest BCUT2D eigenvalue weighted by Crippen LogP contribution is 2.24. The van der Waals surface area contributed by atoms with Gasteiger partial charge in [-0.05, 0) is 38.6 Å². The van der Waals surface area contributed by atoms with E-state index in [1.165, 1.54) is 0 Å². The minimum Gasteiger partial charge on any atom is -0.393 e. The van der Waals surface area contributed by atoms with E-state index in [0.717, 1.165) is 44.7 Å². The fraction of sp³-hybridized carbons (Fsp3) is 0.818. The average molecular weight is 224 g/mol. The number of aryl methyl sites for hydroxylation is 1. The quantitative estimate of drug-likeness (QED) is 0.766. The van der Waals surface area contributed by atoms with Gasteiger partial charge in [-0.2, -0.15) is 5.10 Å². The predicted octanol–water partition coefficient (Wildman–Crippen LogP) is 0.549. The second kappa shape index (κ2) is 5.41. The molecule has 5 nitrogen and oxygen atoms in total. The Morgan fingerprint density at radius 3 is 3.12 bits per heavy atom. The van der Waals surface area contributed by atoms with Crippen LogP contribution in [0, 0.1) is 5.92 Å². The summed E-state index contributed by atoms with van der Waals surface area (Å²) in [5.74, 6) is 1.61. The minimum absolute atomic E-state index is 0.0777. The number of nitrogens with one attached hydrogen (secondary N) is 1. The summed E-state index contributed by atoms with van der Waals surface area (Å²) in [6.45, 7) is 4.65. The third kappa shape index (κ3) is 2.80. The van der Waals surface area contributed by atoms with E-state index in [4.69, 9.17) is 0 Å². The Morgan fingerprint density at radius 2 is 2.44 bits per heavy atom. The smallest absolute Gasteiger partial charge is 0.140 e. The number of hydrogen-bond donors (Lipinski definition) is 2. The van der Waals surface area contributed by atoms with Gasteiger partial charge in [0.25, 0.3) is 0 Å². The van der Waals surface area contributed by atoms with Gasteiger partial charge in [-0.1, -0.05) is 0 Å². The standard InChI is InChI=1S/C11H20N4O/c1-2-15-11(13-8-14-15)7-12-6-9-3-4-10(16)5-9/h8-10,12,16H,2-7H2,1H3. The Kier molecular flexibility index (Phi) is 3.90. The second-order valence-corrected chi connectivity index (χ2v) is 4.46. The van der Waals surface area contributed by atoms with Crippen LogP contribution in [0.5, 0.6) is 0 Å². The molecule has 2 rings (SSSR count). The zero-order chi connectivity index (χ0) is 11.4. The van der Waals surface area contributed by atoms with E-state index in [0.29, 0.717) is 5.92 Å². The van der Waals surface area contributed by atoms with Gasteiger partial charge in [0, 0.05) is 6.54 Å². The third-order valence-electron chi connectivity index (χ3n) is 3.22. The first-order valence-corrected chi connectivity index (χ1v) is 6.05. The maximum absolute atomic E-state index is 9.41. The molecule has 0 aliphatic heterocycles. The van der Waals surface area contributed by atoms with Crippen LogP contribution in [0.3, 0.4) is 0 Å². The maximum atomic E-state index is 9.41. The van der Waals surface area contributed by atoms with Gasteiger partial charge < -0.3 is 10.4 Å². The molecule has 0 amide bonds. The molecule has 1 aliphatic carbocycles. The lowest BCUT2D eigenvalue weighted by molar-refractivity contribution is 0.177. The van der Waals surface area contributed by atoms with Gasteiger partial charge in [0.15, 0.2) is 0 Å². The Labute approximate surface area is 95.9 Å². The Balaban J connectivity index is 1.72. The summed E-state index contributed by atoms with van der Waals surface area (Å²) < 4.78 is 1.90. The van der Waals surface area contributed by atoms with Gasteiger partial charge >= 0.3 is 0 Å². The molecule has 2 atom stereocenters. The Bertz CT molecular complexity index is 326. The molecule has 2 unspecified atom stereocenters. The fourth-order valence-electron chi connectivity index (χ4n) is 2.31. The summed E-state index contributed by atoms with van der Waals surface area (Å²) in [6.07, 6.45) is 4.55. The first-order chi connectivity index (χ1) is 7.79. The van der Waals surface area contributed by atoms with E-state index in [-0.39, 0.29) is 6.10 Å². The number of nitrogens with zero attached hydrogens (tertiary/aromatic N) is 3. The van der Waals surface area contributed by atoms with Crippen LogP contribution >= 0.6 is 0 Å². The molecule has 16 heavy (non-hydrogen) atoms. The zero-order valence-corrected chi connectivity index (χ0v) is 9.76. The zero-order valence-electron chi connectivity index (χ0n) is 9.76. The van der Waals surface area contributed by atoms with Crippen molar-refractivity contribution in [3.05, 3.63) is 12.2 Å². The fourth-order valence-corrected chi connectivity index (χ4v) is 2.31. The van der Waals surface area contributed by atoms with Crippen molar-refractivity contribution in [2.75, 3.05) is 6.54 Å². The molecular weight excluding hydrogens is 204 g/mol. The van der Waals surface area contributed by atoms with Crippen molar-refractivity contribution in [1.29, 1.82) is 0 Å². The molecule has 0 radical (unpaired) electrons. The molecule has 0 saturated heterocycles. The van der Waals surface area contributed by atoms with Crippen LogP contribution in [0.15, 0.2) is 6.33 Å². The monoisotopic (exact) mass is 224 g/mol. The van der Waals surface area contributed by atoms with Crippen LogP contribution in [-0.4, -0.2) is 32.5 Å². The topological polar surface area (TPSA) is 63.0 Å². The third-order valence-corrected chi connectivity index (χ3v) is 3.22. The summed E-state index contributed by atoms with van der Waals surface area (Å²) in [5.41, 5.74) is 0. The lowest BCUT2D eigenvalue weighted by Gasteiger charge is -2.10. The summed E-state index contributed by atoms with van der Waals surface area (Å²) in [6, 6.07) is 0. The lowest BCUT2D eigenvalue weighted by Crippen LogP contribution is -2.23. The SMILES string of the molecule is CCn1ncnc1CNCC1CCC(O)C1. The summed E-state index contributed by atoms with van der Waals surface area (Å²) >= 11 is 0.